The van der Waals surface area contributed by atoms with E-state index < -0.39 is 11.2 Å². The lowest BCUT2D eigenvalue weighted by atomic mass is 10.2. The Balaban J connectivity index is 2.35. The molecular formula is C11H14N4O3. The van der Waals surface area contributed by atoms with E-state index >= 15 is 0 Å². The van der Waals surface area contributed by atoms with Crippen molar-refractivity contribution in [2.24, 2.45) is 0 Å². The maximum absolute atomic E-state index is 11.7. The van der Waals surface area contributed by atoms with Gasteiger partial charge in [-0.05, 0) is 13.3 Å². The van der Waals surface area contributed by atoms with E-state index in [0.29, 0.717) is 18.5 Å². The SMILES string of the molecule is Cc1cn(C2C[C@@H](CO)N(C#N)C2)c(=O)[nH]c1=O. The van der Waals surface area contributed by atoms with Crippen molar-refractivity contribution in [2.75, 3.05) is 13.2 Å². The van der Waals surface area contributed by atoms with Crippen molar-refractivity contribution >= 4 is 0 Å². The number of aliphatic hydroxyl groups is 1. The summed E-state index contributed by atoms with van der Waals surface area (Å²) in [5.74, 6) is 0. The summed E-state index contributed by atoms with van der Waals surface area (Å²) in [6.45, 7) is 1.86. The van der Waals surface area contributed by atoms with Crippen molar-refractivity contribution in [1.82, 2.24) is 14.5 Å². The van der Waals surface area contributed by atoms with E-state index in [0.717, 1.165) is 0 Å². The number of nitrogens with one attached hydrogen (secondary N) is 1. The molecule has 0 bridgehead atoms. The van der Waals surface area contributed by atoms with Crippen molar-refractivity contribution in [1.29, 1.82) is 5.26 Å². The van der Waals surface area contributed by atoms with Gasteiger partial charge >= 0.3 is 5.69 Å². The largest absolute Gasteiger partial charge is 0.394 e. The molecule has 2 heterocycles. The lowest BCUT2D eigenvalue weighted by molar-refractivity contribution is 0.201. The third-order valence-electron chi connectivity index (χ3n) is 3.27. The summed E-state index contributed by atoms with van der Waals surface area (Å²) >= 11 is 0. The summed E-state index contributed by atoms with van der Waals surface area (Å²) in [6, 6.07) is -0.469. The Bertz CT molecular complexity index is 598. The fourth-order valence-electron chi connectivity index (χ4n) is 2.25. The maximum atomic E-state index is 11.7. The molecule has 2 N–H and O–H groups in total. The third-order valence-corrected chi connectivity index (χ3v) is 3.27. The van der Waals surface area contributed by atoms with Crippen LogP contribution >= 0.6 is 0 Å². The van der Waals surface area contributed by atoms with Gasteiger partial charge in [-0.15, -0.1) is 0 Å². The Hall–Kier alpha value is -2.07. The number of aromatic nitrogens is 2. The monoisotopic (exact) mass is 250 g/mol. The molecule has 7 nitrogen and oxygen atoms in total. The van der Waals surface area contributed by atoms with Crippen LogP contribution < -0.4 is 11.2 Å². The summed E-state index contributed by atoms with van der Waals surface area (Å²) in [5.41, 5.74) is -0.428. The molecule has 96 valence electrons. The van der Waals surface area contributed by atoms with Crippen LogP contribution in [0.2, 0.25) is 0 Å². The van der Waals surface area contributed by atoms with E-state index in [4.69, 9.17) is 10.4 Å². The van der Waals surface area contributed by atoms with Crippen molar-refractivity contribution in [3.8, 4) is 6.19 Å². The standard InChI is InChI=1S/C11H14N4O3/c1-7-3-15(11(18)13-10(7)17)8-2-9(5-16)14(4-8)6-12/h3,8-9,16H,2,4-5H2,1H3,(H,13,17,18)/t8?,9-/m0/s1. The van der Waals surface area contributed by atoms with Crippen molar-refractivity contribution in [2.45, 2.75) is 25.4 Å². The fraction of sp³-hybridized carbons (Fsp3) is 0.545. The van der Waals surface area contributed by atoms with Gasteiger partial charge in [0.2, 0.25) is 0 Å². The average molecular weight is 250 g/mol. The number of rotatable bonds is 2. The Morgan fingerprint density at radius 3 is 2.89 bits per heavy atom. The molecule has 1 fully saturated rings. The molecule has 1 unspecified atom stereocenters. The van der Waals surface area contributed by atoms with Gasteiger partial charge in [0.05, 0.1) is 18.7 Å². The molecule has 0 spiro atoms. The molecule has 7 heteroatoms. The first-order valence-electron chi connectivity index (χ1n) is 5.66. The minimum atomic E-state index is -0.480. The number of nitriles is 1. The number of aliphatic hydroxyl groups excluding tert-OH is 1. The number of H-pyrrole nitrogens is 1. The second-order valence-electron chi connectivity index (χ2n) is 4.46. The van der Waals surface area contributed by atoms with Gasteiger partial charge in [-0.25, -0.2) is 4.79 Å². The molecule has 18 heavy (non-hydrogen) atoms. The molecule has 1 aromatic heterocycles. The summed E-state index contributed by atoms with van der Waals surface area (Å²) in [7, 11) is 0. The summed E-state index contributed by atoms with van der Waals surface area (Å²) in [5, 5.41) is 18.1. The van der Waals surface area contributed by atoms with Crippen LogP contribution in [0.25, 0.3) is 0 Å². The van der Waals surface area contributed by atoms with Gasteiger partial charge < -0.3 is 10.0 Å². The van der Waals surface area contributed by atoms with Crippen molar-refractivity contribution in [3.63, 3.8) is 0 Å². The van der Waals surface area contributed by atoms with Crippen molar-refractivity contribution in [3.05, 3.63) is 32.6 Å². The van der Waals surface area contributed by atoms with Crippen LogP contribution in [0.4, 0.5) is 0 Å². The smallest absolute Gasteiger partial charge is 0.328 e. The minimum Gasteiger partial charge on any atom is -0.394 e. The average Bonchev–Trinajstić information content (AvgIpc) is 2.76. The topological polar surface area (TPSA) is 102 Å². The molecule has 0 saturated carbocycles. The zero-order valence-electron chi connectivity index (χ0n) is 9.96. The van der Waals surface area contributed by atoms with E-state index in [1.54, 1.807) is 6.92 Å². The molecule has 1 saturated heterocycles. The van der Waals surface area contributed by atoms with E-state index in [9.17, 15) is 9.59 Å². The van der Waals surface area contributed by atoms with Crippen LogP contribution in [0.15, 0.2) is 15.8 Å². The van der Waals surface area contributed by atoms with E-state index in [1.807, 2.05) is 6.19 Å². The van der Waals surface area contributed by atoms with Gasteiger partial charge in [-0.1, -0.05) is 0 Å². The molecule has 0 amide bonds. The second kappa shape index (κ2) is 4.66. The van der Waals surface area contributed by atoms with Gasteiger partial charge in [0, 0.05) is 18.3 Å². The molecule has 2 atom stereocenters. The lowest BCUT2D eigenvalue weighted by Gasteiger charge is -2.14. The quantitative estimate of drug-likeness (QED) is 0.651. The number of aryl methyl sites for hydroxylation is 1. The predicted octanol–water partition coefficient (Wildman–Crippen LogP) is -1.07. The predicted molar refractivity (Wildman–Crippen MR) is 62.9 cm³/mol. The first-order chi connectivity index (χ1) is 8.56. The zero-order chi connectivity index (χ0) is 13.3. The molecule has 0 aromatic carbocycles. The Morgan fingerprint density at radius 2 is 2.33 bits per heavy atom. The molecule has 2 rings (SSSR count). The van der Waals surface area contributed by atoms with Crippen LogP contribution in [0.3, 0.4) is 0 Å². The highest BCUT2D eigenvalue weighted by Crippen LogP contribution is 2.25. The normalized spacial score (nSPS) is 23.1. The van der Waals surface area contributed by atoms with E-state index in [2.05, 4.69) is 4.98 Å². The van der Waals surface area contributed by atoms with Gasteiger partial charge in [-0.2, -0.15) is 5.26 Å². The fourth-order valence-corrected chi connectivity index (χ4v) is 2.25. The maximum Gasteiger partial charge on any atom is 0.328 e. The van der Waals surface area contributed by atoms with Crippen molar-refractivity contribution < 1.29 is 5.11 Å². The molecule has 1 aliphatic rings. The Kier molecular flexibility index (Phi) is 3.21. The van der Waals surface area contributed by atoms with Gasteiger partial charge in [-0.3, -0.25) is 14.3 Å². The van der Waals surface area contributed by atoms with Gasteiger partial charge in [0.25, 0.3) is 5.56 Å². The third kappa shape index (κ3) is 2.02. The summed E-state index contributed by atoms with van der Waals surface area (Å²) in [6.07, 6.45) is 4.01. The molecular weight excluding hydrogens is 236 g/mol. The lowest BCUT2D eigenvalue weighted by Crippen LogP contribution is -2.34. The number of hydrogen-bond donors (Lipinski definition) is 2. The van der Waals surface area contributed by atoms with E-state index in [1.165, 1.54) is 15.7 Å². The Labute approximate surface area is 103 Å². The molecule has 1 aliphatic heterocycles. The van der Waals surface area contributed by atoms with Crippen LogP contribution in [0, 0.1) is 18.4 Å². The van der Waals surface area contributed by atoms with E-state index in [-0.39, 0.29) is 18.7 Å². The van der Waals surface area contributed by atoms with Crippen LogP contribution in [0.1, 0.15) is 18.0 Å². The summed E-state index contributed by atoms with van der Waals surface area (Å²) in [4.78, 5) is 26.7. The van der Waals surface area contributed by atoms with Crippen LogP contribution in [-0.2, 0) is 0 Å². The number of nitrogens with zero attached hydrogens (tertiary/aromatic N) is 3. The van der Waals surface area contributed by atoms with Crippen LogP contribution in [-0.4, -0.2) is 38.8 Å². The highest BCUT2D eigenvalue weighted by molar-refractivity contribution is 5.04. The van der Waals surface area contributed by atoms with Gasteiger partial charge in [0.15, 0.2) is 6.19 Å². The first kappa shape index (κ1) is 12.4. The second-order valence-corrected chi connectivity index (χ2v) is 4.46. The first-order valence-corrected chi connectivity index (χ1v) is 5.66. The number of aromatic amines is 1. The minimum absolute atomic E-state index is 0.124. The highest BCUT2D eigenvalue weighted by atomic mass is 16.3. The molecule has 1 aromatic rings. The number of likely N-dealkylation sites (tertiary alicyclic amines) is 1. The van der Waals surface area contributed by atoms with Gasteiger partial charge in [0.1, 0.15) is 0 Å². The molecule has 0 radical (unpaired) electrons. The highest BCUT2D eigenvalue weighted by Gasteiger charge is 2.32. The summed E-state index contributed by atoms with van der Waals surface area (Å²) < 4.78 is 1.43. The Morgan fingerprint density at radius 1 is 1.61 bits per heavy atom. The zero-order valence-corrected chi connectivity index (χ0v) is 9.96. The van der Waals surface area contributed by atoms with Crippen LogP contribution in [0.5, 0.6) is 0 Å². The number of hydrogen-bond acceptors (Lipinski definition) is 5. The molecule has 0 aliphatic carbocycles.